The van der Waals surface area contributed by atoms with E-state index in [2.05, 4.69) is 17.4 Å². The lowest BCUT2D eigenvalue weighted by Gasteiger charge is -2.25. The summed E-state index contributed by atoms with van der Waals surface area (Å²) in [5.74, 6) is 0.519. The molecule has 1 aromatic rings. The van der Waals surface area contributed by atoms with Gasteiger partial charge in [0.2, 0.25) is 0 Å². The van der Waals surface area contributed by atoms with Gasteiger partial charge in [-0.2, -0.15) is 0 Å². The number of rotatable bonds is 6. The average Bonchev–Trinajstić information content (AvgIpc) is 3.22. The maximum atomic E-state index is 12.4. The maximum Gasteiger partial charge on any atom is 0.317 e. The second kappa shape index (κ2) is 6.94. The van der Waals surface area contributed by atoms with E-state index >= 15 is 0 Å². The molecule has 21 heavy (non-hydrogen) atoms. The lowest BCUT2D eigenvalue weighted by Crippen LogP contribution is -2.44. The minimum atomic E-state index is 0.0975. The van der Waals surface area contributed by atoms with Crippen molar-refractivity contribution in [1.82, 2.24) is 10.2 Å². The molecule has 0 bridgehead atoms. The van der Waals surface area contributed by atoms with Crippen molar-refractivity contribution in [3.05, 3.63) is 35.9 Å². The van der Waals surface area contributed by atoms with Crippen molar-refractivity contribution < 1.29 is 9.53 Å². The average molecular weight is 288 g/mol. The van der Waals surface area contributed by atoms with Crippen molar-refractivity contribution in [3.8, 4) is 0 Å². The van der Waals surface area contributed by atoms with E-state index in [0.717, 1.165) is 45.4 Å². The molecule has 1 N–H and O–H groups in total. The molecule has 1 aromatic carbocycles. The van der Waals surface area contributed by atoms with Crippen LogP contribution in [0, 0.1) is 5.92 Å². The number of hydrogen-bond donors (Lipinski definition) is 1. The molecule has 2 aliphatic rings. The van der Waals surface area contributed by atoms with E-state index < -0.39 is 0 Å². The summed E-state index contributed by atoms with van der Waals surface area (Å²) < 4.78 is 5.42. The summed E-state index contributed by atoms with van der Waals surface area (Å²) in [6, 6.07) is 10.8. The number of urea groups is 1. The molecule has 1 aliphatic heterocycles. The Morgan fingerprint density at radius 2 is 2.05 bits per heavy atom. The van der Waals surface area contributed by atoms with Gasteiger partial charge in [-0.15, -0.1) is 0 Å². The number of nitrogens with one attached hydrogen (secondary N) is 1. The summed E-state index contributed by atoms with van der Waals surface area (Å²) in [6.07, 6.45) is 4.28. The van der Waals surface area contributed by atoms with E-state index in [1.165, 1.54) is 5.56 Å². The predicted molar refractivity (Wildman–Crippen MR) is 82.2 cm³/mol. The Balaban J connectivity index is 1.45. The lowest BCUT2D eigenvalue weighted by molar-refractivity contribution is 0.162. The van der Waals surface area contributed by atoms with Crippen LogP contribution in [-0.2, 0) is 11.2 Å². The molecule has 3 rings (SSSR count). The predicted octanol–water partition coefficient (Wildman–Crippen LogP) is 2.44. The minimum Gasteiger partial charge on any atom is -0.381 e. The lowest BCUT2D eigenvalue weighted by atomic mass is 10.1. The summed E-state index contributed by atoms with van der Waals surface area (Å²) in [7, 11) is 0. The van der Waals surface area contributed by atoms with Crippen LogP contribution in [-0.4, -0.2) is 43.3 Å². The SMILES string of the molecule is O=C(NCCc1ccccc1)N(CC1CCOC1)C1CC1. The Kier molecular flexibility index (Phi) is 4.76. The highest BCUT2D eigenvalue weighted by Gasteiger charge is 2.34. The van der Waals surface area contributed by atoms with Gasteiger partial charge in [-0.3, -0.25) is 0 Å². The van der Waals surface area contributed by atoms with Crippen molar-refractivity contribution in [1.29, 1.82) is 0 Å². The van der Waals surface area contributed by atoms with Crippen molar-refractivity contribution >= 4 is 6.03 Å². The molecule has 0 aromatic heterocycles. The highest BCUT2D eigenvalue weighted by atomic mass is 16.5. The Labute approximate surface area is 126 Å². The van der Waals surface area contributed by atoms with E-state index in [1.807, 2.05) is 23.1 Å². The van der Waals surface area contributed by atoms with Crippen LogP contribution in [0.1, 0.15) is 24.8 Å². The maximum absolute atomic E-state index is 12.4. The number of carbonyl (C=O) groups excluding carboxylic acids is 1. The summed E-state index contributed by atoms with van der Waals surface area (Å²) in [4.78, 5) is 14.4. The number of nitrogens with zero attached hydrogens (tertiary/aromatic N) is 1. The standard InChI is InChI=1S/C17H24N2O2/c20-17(18-10-8-14-4-2-1-3-5-14)19(16-6-7-16)12-15-9-11-21-13-15/h1-5,15-16H,6-13H2,(H,18,20). The quantitative estimate of drug-likeness (QED) is 0.873. The van der Waals surface area contributed by atoms with E-state index in [4.69, 9.17) is 4.74 Å². The van der Waals surface area contributed by atoms with Crippen LogP contribution in [0.25, 0.3) is 0 Å². The highest BCUT2D eigenvalue weighted by molar-refractivity contribution is 5.75. The first-order valence-electron chi connectivity index (χ1n) is 7.99. The second-order valence-corrected chi connectivity index (χ2v) is 6.08. The summed E-state index contributed by atoms with van der Waals surface area (Å²) in [6.45, 7) is 3.20. The van der Waals surface area contributed by atoms with Crippen LogP contribution in [0.3, 0.4) is 0 Å². The van der Waals surface area contributed by atoms with Gasteiger partial charge in [0.25, 0.3) is 0 Å². The van der Waals surface area contributed by atoms with E-state index in [1.54, 1.807) is 0 Å². The highest BCUT2D eigenvalue weighted by Crippen LogP contribution is 2.28. The fourth-order valence-electron chi connectivity index (χ4n) is 2.85. The first kappa shape index (κ1) is 14.4. The molecule has 1 saturated heterocycles. The minimum absolute atomic E-state index is 0.0975. The van der Waals surface area contributed by atoms with Crippen LogP contribution in [0.4, 0.5) is 4.79 Å². The van der Waals surface area contributed by atoms with Gasteiger partial charge in [-0.05, 0) is 31.2 Å². The molecule has 4 heteroatoms. The number of hydrogen-bond acceptors (Lipinski definition) is 2. The molecule has 114 valence electrons. The Hall–Kier alpha value is -1.55. The van der Waals surface area contributed by atoms with Gasteiger partial charge >= 0.3 is 6.03 Å². The number of ether oxygens (including phenoxy) is 1. The van der Waals surface area contributed by atoms with E-state index in [-0.39, 0.29) is 6.03 Å². The first-order chi connectivity index (χ1) is 10.3. The Morgan fingerprint density at radius 1 is 1.24 bits per heavy atom. The summed E-state index contributed by atoms with van der Waals surface area (Å²) >= 11 is 0. The molecule has 1 unspecified atom stereocenters. The molecular weight excluding hydrogens is 264 g/mol. The molecule has 1 saturated carbocycles. The fraction of sp³-hybridized carbons (Fsp3) is 0.588. The topological polar surface area (TPSA) is 41.6 Å². The molecule has 0 spiro atoms. The molecule has 2 fully saturated rings. The van der Waals surface area contributed by atoms with Crippen LogP contribution >= 0.6 is 0 Å². The Bertz CT molecular complexity index is 453. The second-order valence-electron chi connectivity index (χ2n) is 6.08. The zero-order valence-electron chi connectivity index (χ0n) is 12.5. The van der Waals surface area contributed by atoms with E-state index in [0.29, 0.717) is 18.5 Å². The molecule has 0 radical (unpaired) electrons. The van der Waals surface area contributed by atoms with Crippen LogP contribution in [0.2, 0.25) is 0 Å². The van der Waals surface area contributed by atoms with Crippen molar-refractivity contribution in [2.24, 2.45) is 5.92 Å². The summed E-state index contributed by atoms with van der Waals surface area (Å²) in [5, 5.41) is 3.07. The van der Waals surface area contributed by atoms with Crippen LogP contribution in [0.5, 0.6) is 0 Å². The zero-order valence-corrected chi connectivity index (χ0v) is 12.5. The first-order valence-corrected chi connectivity index (χ1v) is 7.99. The number of benzene rings is 1. The normalized spacial score (nSPS) is 21.2. The van der Waals surface area contributed by atoms with Gasteiger partial charge in [0.1, 0.15) is 0 Å². The number of carbonyl (C=O) groups is 1. The van der Waals surface area contributed by atoms with Crippen molar-refractivity contribution in [3.63, 3.8) is 0 Å². The molecule has 1 heterocycles. The van der Waals surface area contributed by atoms with Crippen LogP contribution < -0.4 is 5.32 Å². The monoisotopic (exact) mass is 288 g/mol. The van der Waals surface area contributed by atoms with Crippen LogP contribution in [0.15, 0.2) is 30.3 Å². The third-order valence-corrected chi connectivity index (χ3v) is 4.26. The molecule has 2 amide bonds. The fourth-order valence-corrected chi connectivity index (χ4v) is 2.85. The molecule has 4 nitrogen and oxygen atoms in total. The molecule has 1 atom stereocenters. The molecular formula is C17H24N2O2. The van der Waals surface area contributed by atoms with Gasteiger partial charge in [0.05, 0.1) is 6.61 Å². The number of amides is 2. The smallest absolute Gasteiger partial charge is 0.317 e. The molecule has 1 aliphatic carbocycles. The zero-order chi connectivity index (χ0) is 14.5. The van der Waals surface area contributed by atoms with Gasteiger partial charge < -0.3 is 15.0 Å². The third kappa shape index (κ3) is 4.21. The van der Waals surface area contributed by atoms with Gasteiger partial charge in [-0.25, -0.2) is 4.79 Å². The van der Waals surface area contributed by atoms with Crippen molar-refractivity contribution in [2.45, 2.75) is 31.7 Å². The largest absolute Gasteiger partial charge is 0.381 e. The Morgan fingerprint density at radius 3 is 2.71 bits per heavy atom. The third-order valence-electron chi connectivity index (χ3n) is 4.26. The van der Waals surface area contributed by atoms with Gasteiger partial charge in [0.15, 0.2) is 0 Å². The van der Waals surface area contributed by atoms with Gasteiger partial charge in [-0.1, -0.05) is 30.3 Å². The van der Waals surface area contributed by atoms with Crippen molar-refractivity contribution in [2.75, 3.05) is 26.3 Å². The van der Waals surface area contributed by atoms with Gasteiger partial charge in [0, 0.05) is 31.7 Å². The van der Waals surface area contributed by atoms with E-state index in [9.17, 15) is 4.79 Å². The summed E-state index contributed by atoms with van der Waals surface area (Å²) in [5.41, 5.74) is 1.26.